The number of aryl methyl sites for hydroxylation is 1. The molecule has 124 valence electrons. The molecule has 2 aromatic rings. The van der Waals surface area contributed by atoms with Crippen molar-refractivity contribution in [3.8, 4) is 0 Å². The third kappa shape index (κ3) is 3.27. The van der Waals surface area contributed by atoms with Crippen LogP contribution in [0.1, 0.15) is 17.5 Å². The Bertz CT molecular complexity index is 759. The standard InChI is InChI=1S/C18H16F2N2O2/c19-14-7-12(8-15(20)9-14)10-22-17-4-2-1-3-13(17)5-6-16(18(22)24)21-11-23/h1-4,7-9,11,16H,5-6,10H2,(H,21,23). The molecule has 0 aromatic heterocycles. The van der Waals surface area contributed by atoms with Gasteiger partial charge < -0.3 is 10.2 Å². The summed E-state index contributed by atoms with van der Waals surface area (Å²) in [5.41, 5.74) is 2.00. The van der Waals surface area contributed by atoms with Gasteiger partial charge in [0.05, 0.1) is 6.54 Å². The molecule has 1 aliphatic rings. The fraction of sp³-hybridized carbons (Fsp3) is 0.222. The molecule has 24 heavy (non-hydrogen) atoms. The Hall–Kier alpha value is -2.76. The molecule has 0 aliphatic carbocycles. The van der Waals surface area contributed by atoms with Crippen molar-refractivity contribution in [1.82, 2.24) is 5.32 Å². The number of amides is 2. The highest BCUT2D eigenvalue weighted by molar-refractivity contribution is 5.99. The first kappa shape index (κ1) is 16.1. The number of carbonyl (C=O) groups excluding carboxylic acids is 2. The van der Waals surface area contributed by atoms with Gasteiger partial charge in [0.1, 0.15) is 17.7 Å². The summed E-state index contributed by atoms with van der Waals surface area (Å²) in [4.78, 5) is 25.0. The number of carbonyl (C=O) groups is 2. The zero-order valence-corrected chi connectivity index (χ0v) is 12.8. The molecule has 1 unspecified atom stereocenters. The number of rotatable bonds is 4. The number of nitrogens with one attached hydrogen (secondary N) is 1. The van der Waals surface area contributed by atoms with E-state index in [1.54, 1.807) is 12.1 Å². The van der Waals surface area contributed by atoms with Crippen LogP contribution in [0.4, 0.5) is 14.5 Å². The van der Waals surface area contributed by atoms with E-state index in [0.29, 0.717) is 30.5 Å². The first-order chi connectivity index (χ1) is 11.6. The number of halogens is 2. The second-order valence-electron chi connectivity index (χ2n) is 5.71. The molecule has 0 radical (unpaired) electrons. The maximum atomic E-state index is 13.5. The molecule has 1 aliphatic heterocycles. The van der Waals surface area contributed by atoms with Crippen molar-refractivity contribution in [3.05, 3.63) is 65.2 Å². The van der Waals surface area contributed by atoms with Crippen LogP contribution >= 0.6 is 0 Å². The second-order valence-corrected chi connectivity index (χ2v) is 5.71. The number of benzene rings is 2. The van der Waals surface area contributed by atoms with Crippen LogP contribution in [0.25, 0.3) is 0 Å². The van der Waals surface area contributed by atoms with Gasteiger partial charge >= 0.3 is 0 Å². The van der Waals surface area contributed by atoms with E-state index in [9.17, 15) is 18.4 Å². The average Bonchev–Trinajstić information content (AvgIpc) is 2.67. The monoisotopic (exact) mass is 330 g/mol. The Labute approximate surface area is 138 Å². The Balaban J connectivity index is 2.00. The zero-order chi connectivity index (χ0) is 17.1. The SMILES string of the molecule is O=CNC1CCc2ccccc2N(Cc2cc(F)cc(F)c2)C1=O. The fourth-order valence-corrected chi connectivity index (χ4v) is 3.00. The number of hydrogen-bond donors (Lipinski definition) is 1. The van der Waals surface area contributed by atoms with Crippen LogP contribution in [0.15, 0.2) is 42.5 Å². The highest BCUT2D eigenvalue weighted by atomic mass is 19.1. The smallest absolute Gasteiger partial charge is 0.249 e. The predicted molar refractivity (Wildman–Crippen MR) is 85.3 cm³/mol. The summed E-state index contributed by atoms with van der Waals surface area (Å²) in [6.07, 6.45) is 1.60. The largest absolute Gasteiger partial charge is 0.347 e. The number of hydrogen-bond acceptors (Lipinski definition) is 2. The molecule has 2 aromatic carbocycles. The molecule has 3 rings (SSSR count). The third-order valence-corrected chi connectivity index (χ3v) is 4.08. The third-order valence-electron chi connectivity index (χ3n) is 4.08. The maximum Gasteiger partial charge on any atom is 0.249 e. The minimum Gasteiger partial charge on any atom is -0.347 e. The van der Waals surface area contributed by atoms with Crippen LogP contribution in [0, 0.1) is 11.6 Å². The lowest BCUT2D eigenvalue weighted by atomic mass is 10.1. The van der Waals surface area contributed by atoms with Crippen molar-refractivity contribution in [2.75, 3.05) is 4.90 Å². The molecular formula is C18H16F2N2O2. The van der Waals surface area contributed by atoms with Crippen molar-refractivity contribution >= 4 is 18.0 Å². The Morgan fingerprint density at radius 3 is 2.58 bits per heavy atom. The number of fused-ring (bicyclic) bond motifs is 1. The number of para-hydroxylation sites is 1. The Kier molecular flexibility index (Phi) is 4.55. The zero-order valence-electron chi connectivity index (χ0n) is 12.8. The summed E-state index contributed by atoms with van der Waals surface area (Å²) in [6, 6.07) is 9.91. The highest BCUT2D eigenvalue weighted by Crippen LogP contribution is 2.28. The second kappa shape index (κ2) is 6.78. The Morgan fingerprint density at radius 2 is 1.88 bits per heavy atom. The summed E-state index contributed by atoms with van der Waals surface area (Å²) >= 11 is 0. The van der Waals surface area contributed by atoms with Gasteiger partial charge in [0.2, 0.25) is 12.3 Å². The molecule has 4 nitrogen and oxygen atoms in total. The maximum absolute atomic E-state index is 13.5. The van der Waals surface area contributed by atoms with Crippen molar-refractivity contribution in [3.63, 3.8) is 0 Å². The topological polar surface area (TPSA) is 49.4 Å². The van der Waals surface area contributed by atoms with Gasteiger partial charge in [-0.25, -0.2) is 8.78 Å². The quantitative estimate of drug-likeness (QED) is 0.876. The molecule has 1 heterocycles. The van der Waals surface area contributed by atoms with E-state index in [1.165, 1.54) is 17.0 Å². The van der Waals surface area contributed by atoms with Crippen molar-refractivity contribution in [2.45, 2.75) is 25.4 Å². The molecule has 0 bridgehead atoms. The number of nitrogens with zero attached hydrogens (tertiary/aromatic N) is 1. The minimum atomic E-state index is -0.692. The first-order valence-electron chi connectivity index (χ1n) is 7.62. The van der Waals surface area contributed by atoms with Crippen molar-refractivity contribution in [2.24, 2.45) is 0 Å². The average molecular weight is 330 g/mol. The van der Waals surface area contributed by atoms with E-state index in [1.807, 2.05) is 12.1 Å². The van der Waals surface area contributed by atoms with Crippen LogP contribution in [-0.2, 0) is 22.6 Å². The van der Waals surface area contributed by atoms with Crippen molar-refractivity contribution in [1.29, 1.82) is 0 Å². The summed E-state index contributed by atoms with van der Waals surface area (Å²) in [5.74, 6) is -1.68. The Morgan fingerprint density at radius 1 is 1.17 bits per heavy atom. The van der Waals surface area contributed by atoms with Crippen LogP contribution in [0.2, 0.25) is 0 Å². The molecule has 2 amide bonds. The van der Waals surface area contributed by atoms with Crippen LogP contribution < -0.4 is 10.2 Å². The number of anilines is 1. The lowest BCUT2D eigenvalue weighted by Gasteiger charge is -2.25. The molecule has 6 heteroatoms. The van der Waals surface area contributed by atoms with E-state index < -0.39 is 17.7 Å². The minimum absolute atomic E-state index is 0.0293. The van der Waals surface area contributed by atoms with E-state index in [4.69, 9.17) is 0 Å². The van der Waals surface area contributed by atoms with Gasteiger partial charge in [-0.1, -0.05) is 18.2 Å². The fourth-order valence-electron chi connectivity index (χ4n) is 3.00. The molecule has 0 saturated carbocycles. The van der Waals surface area contributed by atoms with Crippen LogP contribution in [0.5, 0.6) is 0 Å². The van der Waals surface area contributed by atoms with Gasteiger partial charge in [-0.15, -0.1) is 0 Å². The van der Waals surface area contributed by atoms with E-state index >= 15 is 0 Å². The molecule has 0 saturated heterocycles. The van der Waals surface area contributed by atoms with Gasteiger partial charge in [-0.05, 0) is 42.2 Å². The predicted octanol–water partition coefficient (Wildman–Crippen LogP) is 2.56. The normalized spacial score (nSPS) is 17.2. The van der Waals surface area contributed by atoms with Gasteiger partial charge in [0.15, 0.2) is 0 Å². The first-order valence-corrected chi connectivity index (χ1v) is 7.62. The summed E-state index contributed by atoms with van der Waals surface area (Å²) in [7, 11) is 0. The van der Waals surface area contributed by atoms with Gasteiger partial charge in [0, 0.05) is 11.8 Å². The summed E-state index contributed by atoms with van der Waals surface area (Å²) in [6.45, 7) is 0.0293. The summed E-state index contributed by atoms with van der Waals surface area (Å²) < 4.78 is 26.9. The molecule has 1 atom stereocenters. The van der Waals surface area contributed by atoms with Crippen LogP contribution in [-0.4, -0.2) is 18.4 Å². The lowest BCUT2D eigenvalue weighted by Crippen LogP contribution is -2.45. The molecule has 0 spiro atoms. The van der Waals surface area contributed by atoms with Gasteiger partial charge in [-0.3, -0.25) is 9.59 Å². The highest BCUT2D eigenvalue weighted by Gasteiger charge is 2.30. The van der Waals surface area contributed by atoms with Crippen LogP contribution in [0.3, 0.4) is 0 Å². The van der Waals surface area contributed by atoms with E-state index in [2.05, 4.69) is 5.32 Å². The van der Waals surface area contributed by atoms with E-state index in [-0.39, 0.29) is 12.5 Å². The lowest BCUT2D eigenvalue weighted by molar-refractivity contribution is -0.123. The van der Waals surface area contributed by atoms with Gasteiger partial charge in [-0.2, -0.15) is 0 Å². The molecule has 0 fully saturated rings. The molecule has 1 N–H and O–H groups in total. The van der Waals surface area contributed by atoms with Gasteiger partial charge in [0.25, 0.3) is 0 Å². The van der Waals surface area contributed by atoms with E-state index in [0.717, 1.165) is 11.6 Å². The van der Waals surface area contributed by atoms with Crippen molar-refractivity contribution < 1.29 is 18.4 Å². The summed E-state index contributed by atoms with van der Waals surface area (Å²) in [5, 5.41) is 2.53. The molecular weight excluding hydrogens is 314 g/mol.